The Labute approximate surface area is 151 Å². The number of carbonyl (C=O) groups excluding carboxylic acids is 1. The third-order valence-electron chi connectivity index (χ3n) is 3.34. The lowest BCUT2D eigenvalue weighted by Gasteiger charge is -2.07. The van der Waals surface area contributed by atoms with Crippen molar-refractivity contribution in [2.45, 2.75) is 0 Å². The summed E-state index contributed by atoms with van der Waals surface area (Å²) in [6.45, 7) is 0.139. The van der Waals surface area contributed by atoms with Crippen molar-refractivity contribution in [2.75, 3.05) is 27.8 Å². The van der Waals surface area contributed by atoms with E-state index in [1.807, 2.05) is 0 Å². The lowest BCUT2D eigenvalue weighted by Crippen LogP contribution is -2.01. The summed E-state index contributed by atoms with van der Waals surface area (Å²) in [5, 5.41) is 20.1. The van der Waals surface area contributed by atoms with Gasteiger partial charge >= 0.3 is 0 Å². The molecular weight excluding hydrogens is 340 g/mol. The van der Waals surface area contributed by atoms with Crippen LogP contribution < -0.4 is 9.47 Å². The van der Waals surface area contributed by atoms with Gasteiger partial charge in [-0.1, -0.05) is 0 Å². The van der Waals surface area contributed by atoms with Crippen molar-refractivity contribution in [1.29, 1.82) is 0 Å². The van der Waals surface area contributed by atoms with Crippen molar-refractivity contribution in [3.63, 3.8) is 0 Å². The minimum Gasteiger partial charge on any atom is -0.507 e. The van der Waals surface area contributed by atoms with Crippen LogP contribution in [0.4, 0.5) is 0 Å². The van der Waals surface area contributed by atoms with Crippen LogP contribution in [0.15, 0.2) is 48.5 Å². The number of aliphatic hydroxyl groups excluding tert-OH is 1. The molecule has 0 radical (unpaired) electrons. The first-order valence-corrected chi connectivity index (χ1v) is 7.67. The molecule has 0 fully saturated rings. The van der Waals surface area contributed by atoms with Crippen molar-refractivity contribution in [3.8, 4) is 17.2 Å². The van der Waals surface area contributed by atoms with Crippen molar-refractivity contribution in [3.05, 3.63) is 59.7 Å². The fraction of sp³-hybridized carbons (Fsp3) is 0.211. The van der Waals surface area contributed by atoms with Crippen molar-refractivity contribution < 1.29 is 34.0 Å². The second-order valence-electron chi connectivity index (χ2n) is 5.20. The topological polar surface area (TPSA) is 94.5 Å². The van der Waals surface area contributed by atoms with Gasteiger partial charge in [0.25, 0.3) is 0 Å². The lowest BCUT2D eigenvalue weighted by atomic mass is 10.1. The molecule has 0 atom stereocenters. The summed E-state index contributed by atoms with van der Waals surface area (Å²) < 4.78 is 20.0. The molecule has 0 aliphatic carbocycles. The summed E-state index contributed by atoms with van der Waals surface area (Å²) in [6, 6.07) is 10.7. The molecule has 0 aliphatic rings. The number of hydrogen-bond acceptors (Lipinski definition) is 7. The molecule has 0 aliphatic heterocycles. The van der Waals surface area contributed by atoms with Crippen LogP contribution in [0.1, 0.15) is 15.9 Å². The van der Waals surface area contributed by atoms with E-state index in [-0.39, 0.29) is 30.7 Å². The monoisotopic (exact) mass is 360 g/mol. The van der Waals surface area contributed by atoms with Gasteiger partial charge in [-0.15, -0.1) is 0 Å². The zero-order valence-electron chi connectivity index (χ0n) is 14.5. The number of phenols is 1. The fourth-order valence-electron chi connectivity index (χ4n) is 2.07. The Kier molecular flexibility index (Phi) is 7.02. The Morgan fingerprint density at radius 3 is 2.12 bits per heavy atom. The quantitative estimate of drug-likeness (QED) is 0.307. The Hall–Kier alpha value is -3.03. The van der Waals surface area contributed by atoms with Crippen LogP contribution in [-0.2, 0) is 9.47 Å². The van der Waals surface area contributed by atoms with Gasteiger partial charge in [-0.25, -0.2) is 0 Å². The molecule has 2 rings (SSSR count). The first-order valence-electron chi connectivity index (χ1n) is 7.67. The molecule has 0 saturated heterocycles. The maximum absolute atomic E-state index is 12.3. The molecule has 2 aromatic rings. The van der Waals surface area contributed by atoms with Gasteiger partial charge in [-0.05, 0) is 36.4 Å². The standard InChI is InChI=1S/C19H20O7/c1-23-11-25-14-5-3-13(4-6-14)17(20)10-19(22)16-8-7-15(9-18(16)21)26-12-24-2/h3-10,20-21H,11-12H2,1-2H3/b17-10-. The minimum absolute atomic E-state index is 0.0253. The van der Waals surface area contributed by atoms with Gasteiger partial charge < -0.3 is 29.2 Å². The molecule has 0 aromatic heterocycles. The highest BCUT2D eigenvalue weighted by atomic mass is 16.7. The summed E-state index contributed by atoms with van der Waals surface area (Å²) in [6.07, 6.45) is 1.04. The Balaban J connectivity index is 2.11. The fourth-order valence-corrected chi connectivity index (χ4v) is 2.07. The lowest BCUT2D eigenvalue weighted by molar-refractivity contribution is 0.0508. The molecule has 2 N–H and O–H groups in total. The van der Waals surface area contributed by atoms with Gasteiger partial charge in [0, 0.05) is 31.9 Å². The summed E-state index contributed by atoms with van der Waals surface area (Å²) in [4.78, 5) is 12.3. The second-order valence-corrected chi connectivity index (χ2v) is 5.20. The van der Waals surface area contributed by atoms with Crippen LogP contribution in [-0.4, -0.2) is 43.8 Å². The van der Waals surface area contributed by atoms with Gasteiger partial charge in [-0.3, -0.25) is 4.79 Å². The average Bonchev–Trinajstić information content (AvgIpc) is 2.65. The van der Waals surface area contributed by atoms with Gasteiger partial charge in [0.1, 0.15) is 23.0 Å². The molecule has 0 amide bonds. The van der Waals surface area contributed by atoms with E-state index >= 15 is 0 Å². The summed E-state index contributed by atoms with van der Waals surface area (Å²) in [5.41, 5.74) is 0.476. The maximum Gasteiger partial charge on any atom is 0.193 e. The maximum atomic E-state index is 12.3. The number of methoxy groups -OCH3 is 2. The van der Waals surface area contributed by atoms with E-state index in [9.17, 15) is 15.0 Å². The third-order valence-corrected chi connectivity index (χ3v) is 3.34. The molecule has 7 heteroatoms. The first kappa shape index (κ1) is 19.3. The van der Waals surface area contributed by atoms with Crippen LogP contribution in [0.5, 0.6) is 17.2 Å². The van der Waals surface area contributed by atoms with Crippen LogP contribution in [0.3, 0.4) is 0 Å². The number of aromatic hydroxyl groups is 1. The minimum atomic E-state index is -0.544. The molecule has 0 spiro atoms. The van der Waals surface area contributed by atoms with E-state index in [0.29, 0.717) is 17.1 Å². The van der Waals surface area contributed by atoms with Crippen molar-refractivity contribution in [2.24, 2.45) is 0 Å². The highest BCUT2D eigenvalue weighted by Crippen LogP contribution is 2.25. The highest BCUT2D eigenvalue weighted by Gasteiger charge is 2.12. The van der Waals surface area contributed by atoms with Crippen LogP contribution >= 0.6 is 0 Å². The average molecular weight is 360 g/mol. The van der Waals surface area contributed by atoms with Crippen LogP contribution in [0.2, 0.25) is 0 Å². The number of phenolic OH excluding ortho intramolecular Hbond substituents is 1. The second kappa shape index (κ2) is 9.45. The predicted octanol–water partition coefficient (Wildman–Crippen LogP) is 3.14. The highest BCUT2D eigenvalue weighted by molar-refractivity contribution is 6.09. The largest absolute Gasteiger partial charge is 0.507 e. The number of allylic oxidation sites excluding steroid dienone is 1. The Bertz CT molecular complexity index is 766. The normalized spacial score (nSPS) is 11.2. The summed E-state index contributed by atoms with van der Waals surface area (Å²) >= 11 is 0. The van der Waals surface area contributed by atoms with Crippen LogP contribution in [0.25, 0.3) is 5.76 Å². The number of aliphatic hydroxyl groups is 1. The molecule has 7 nitrogen and oxygen atoms in total. The predicted molar refractivity (Wildman–Crippen MR) is 94.5 cm³/mol. The van der Waals surface area contributed by atoms with Gasteiger partial charge in [0.15, 0.2) is 19.4 Å². The SMILES string of the molecule is COCOc1ccc(/C(O)=C/C(=O)c2ccc(OCOC)cc2O)cc1. The van der Waals surface area contributed by atoms with Crippen molar-refractivity contribution in [1.82, 2.24) is 0 Å². The number of hydrogen-bond donors (Lipinski definition) is 2. The first-order chi connectivity index (χ1) is 12.5. The van der Waals surface area contributed by atoms with E-state index in [1.54, 1.807) is 24.3 Å². The molecule has 2 aromatic carbocycles. The van der Waals surface area contributed by atoms with E-state index < -0.39 is 5.78 Å². The Morgan fingerprint density at radius 1 is 0.962 bits per heavy atom. The van der Waals surface area contributed by atoms with Crippen LogP contribution in [0, 0.1) is 0 Å². The van der Waals surface area contributed by atoms with E-state index in [1.165, 1.54) is 32.4 Å². The molecular formula is C19H20O7. The number of ketones is 1. The third kappa shape index (κ3) is 5.23. The zero-order valence-corrected chi connectivity index (χ0v) is 14.5. The summed E-state index contributed by atoms with van der Waals surface area (Å²) in [5.74, 6) is -0.0962. The number of benzene rings is 2. The number of rotatable bonds is 9. The van der Waals surface area contributed by atoms with Gasteiger partial charge in [-0.2, -0.15) is 0 Å². The summed E-state index contributed by atoms with van der Waals surface area (Å²) in [7, 11) is 2.99. The van der Waals surface area contributed by atoms with E-state index in [2.05, 4.69) is 0 Å². The molecule has 0 saturated carbocycles. The molecule has 0 unspecified atom stereocenters. The molecule has 138 valence electrons. The van der Waals surface area contributed by atoms with Gasteiger partial charge in [0.2, 0.25) is 0 Å². The van der Waals surface area contributed by atoms with E-state index in [0.717, 1.165) is 6.08 Å². The Morgan fingerprint density at radius 2 is 1.54 bits per heavy atom. The zero-order chi connectivity index (χ0) is 18.9. The van der Waals surface area contributed by atoms with E-state index in [4.69, 9.17) is 18.9 Å². The molecule has 26 heavy (non-hydrogen) atoms. The number of ether oxygens (including phenoxy) is 4. The molecule has 0 bridgehead atoms. The van der Waals surface area contributed by atoms with Gasteiger partial charge in [0.05, 0.1) is 5.56 Å². The molecule has 0 heterocycles. The smallest absolute Gasteiger partial charge is 0.193 e. The van der Waals surface area contributed by atoms with Crippen molar-refractivity contribution >= 4 is 11.5 Å². The number of carbonyl (C=O) groups is 1.